The highest BCUT2D eigenvalue weighted by Crippen LogP contribution is 2.30. The fourth-order valence-corrected chi connectivity index (χ4v) is 3.01. The molecule has 0 bridgehead atoms. The summed E-state index contributed by atoms with van der Waals surface area (Å²) in [5, 5.41) is 0. The molecule has 0 aliphatic carbocycles. The van der Waals surface area contributed by atoms with E-state index in [4.69, 9.17) is 4.74 Å². The SMILES string of the molecule is COC(=O)[C@H]1CC(=O)N(c2ccc(OCc3cccc(C(F)(F)F)c3)cc2)C1. The van der Waals surface area contributed by atoms with Crippen LogP contribution < -0.4 is 9.64 Å². The van der Waals surface area contributed by atoms with Gasteiger partial charge in [0.15, 0.2) is 0 Å². The van der Waals surface area contributed by atoms with Gasteiger partial charge in [-0.25, -0.2) is 0 Å². The third-order valence-corrected chi connectivity index (χ3v) is 4.47. The van der Waals surface area contributed by atoms with E-state index >= 15 is 0 Å². The molecule has 0 aromatic heterocycles. The zero-order chi connectivity index (χ0) is 20.3. The van der Waals surface area contributed by atoms with Crippen LogP contribution in [-0.2, 0) is 27.1 Å². The van der Waals surface area contributed by atoms with Gasteiger partial charge in [0.1, 0.15) is 12.4 Å². The number of amides is 1. The lowest BCUT2D eigenvalue weighted by Crippen LogP contribution is -2.26. The van der Waals surface area contributed by atoms with Crippen molar-refractivity contribution in [3.8, 4) is 5.75 Å². The van der Waals surface area contributed by atoms with Crippen LogP contribution in [0.4, 0.5) is 18.9 Å². The van der Waals surface area contributed by atoms with Gasteiger partial charge in [-0.3, -0.25) is 9.59 Å². The van der Waals surface area contributed by atoms with Crippen LogP contribution >= 0.6 is 0 Å². The number of rotatable bonds is 5. The van der Waals surface area contributed by atoms with E-state index in [0.29, 0.717) is 17.0 Å². The lowest BCUT2D eigenvalue weighted by Gasteiger charge is -2.17. The first-order chi connectivity index (χ1) is 13.3. The summed E-state index contributed by atoms with van der Waals surface area (Å²) in [7, 11) is 1.28. The number of alkyl halides is 3. The van der Waals surface area contributed by atoms with Crippen LogP contribution in [-0.4, -0.2) is 25.5 Å². The van der Waals surface area contributed by atoms with Gasteiger partial charge in [0.05, 0.1) is 18.6 Å². The molecular weight excluding hydrogens is 375 g/mol. The quantitative estimate of drug-likeness (QED) is 0.725. The first kappa shape index (κ1) is 19.7. The number of hydrogen-bond acceptors (Lipinski definition) is 4. The molecule has 0 saturated carbocycles. The van der Waals surface area contributed by atoms with Crippen molar-refractivity contribution in [2.45, 2.75) is 19.2 Å². The molecule has 1 heterocycles. The number of carbonyl (C=O) groups is 2. The molecule has 0 spiro atoms. The van der Waals surface area contributed by atoms with E-state index in [1.54, 1.807) is 30.3 Å². The largest absolute Gasteiger partial charge is 0.489 e. The third kappa shape index (κ3) is 4.44. The Kier molecular flexibility index (Phi) is 5.58. The highest BCUT2D eigenvalue weighted by Gasteiger charge is 2.35. The number of ether oxygens (including phenoxy) is 2. The highest BCUT2D eigenvalue weighted by atomic mass is 19.4. The average molecular weight is 393 g/mol. The topological polar surface area (TPSA) is 55.8 Å². The van der Waals surface area contributed by atoms with Gasteiger partial charge in [0.25, 0.3) is 0 Å². The second kappa shape index (κ2) is 7.92. The number of benzene rings is 2. The Bertz CT molecular complexity index is 864. The van der Waals surface area contributed by atoms with Crippen molar-refractivity contribution in [1.29, 1.82) is 0 Å². The molecule has 8 heteroatoms. The lowest BCUT2D eigenvalue weighted by molar-refractivity contribution is -0.145. The molecule has 1 amide bonds. The maximum Gasteiger partial charge on any atom is 0.416 e. The van der Waals surface area contributed by atoms with E-state index < -0.39 is 23.6 Å². The Morgan fingerprint density at radius 3 is 2.54 bits per heavy atom. The third-order valence-electron chi connectivity index (χ3n) is 4.47. The van der Waals surface area contributed by atoms with E-state index in [1.807, 2.05) is 0 Å². The van der Waals surface area contributed by atoms with Crippen molar-refractivity contribution >= 4 is 17.6 Å². The predicted octanol–water partition coefficient (Wildman–Crippen LogP) is 3.81. The van der Waals surface area contributed by atoms with Crippen LogP contribution in [0.25, 0.3) is 0 Å². The van der Waals surface area contributed by atoms with Gasteiger partial charge in [-0.1, -0.05) is 12.1 Å². The fraction of sp³-hybridized carbons (Fsp3) is 0.300. The summed E-state index contributed by atoms with van der Waals surface area (Å²) in [5.41, 5.74) is 0.286. The molecule has 0 radical (unpaired) electrons. The van der Waals surface area contributed by atoms with Crippen molar-refractivity contribution in [2.75, 3.05) is 18.6 Å². The number of esters is 1. The van der Waals surface area contributed by atoms with Gasteiger partial charge in [-0.15, -0.1) is 0 Å². The zero-order valence-electron chi connectivity index (χ0n) is 15.0. The monoisotopic (exact) mass is 393 g/mol. The number of anilines is 1. The summed E-state index contributed by atoms with van der Waals surface area (Å²) in [6.45, 7) is 0.228. The summed E-state index contributed by atoms with van der Waals surface area (Å²) in [6.07, 6.45) is -4.30. The second-order valence-corrected chi connectivity index (χ2v) is 6.41. The maximum absolute atomic E-state index is 12.8. The maximum atomic E-state index is 12.8. The number of nitrogens with zero attached hydrogens (tertiary/aromatic N) is 1. The molecule has 1 fully saturated rings. The molecule has 1 aliphatic rings. The molecule has 148 valence electrons. The molecule has 28 heavy (non-hydrogen) atoms. The average Bonchev–Trinajstić information content (AvgIpc) is 3.07. The van der Waals surface area contributed by atoms with Gasteiger partial charge in [0, 0.05) is 18.7 Å². The van der Waals surface area contributed by atoms with E-state index in [0.717, 1.165) is 12.1 Å². The van der Waals surface area contributed by atoms with Crippen LogP contribution in [0.1, 0.15) is 17.5 Å². The first-order valence-corrected chi connectivity index (χ1v) is 8.55. The number of carbonyl (C=O) groups excluding carboxylic acids is 2. The molecule has 1 saturated heterocycles. The predicted molar refractivity (Wildman–Crippen MR) is 94.7 cm³/mol. The summed E-state index contributed by atoms with van der Waals surface area (Å²) >= 11 is 0. The molecule has 1 atom stereocenters. The van der Waals surface area contributed by atoms with Gasteiger partial charge in [-0.05, 0) is 42.0 Å². The van der Waals surface area contributed by atoms with E-state index in [-0.39, 0.29) is 25.5 Å². The molecule has 0 unspecified atom stereocenters. The van der Waals surface area contributed by atoms with Crippen molar-refractivity contribution in [3.05, 3.63) is 59.7 Å². The van der Waals surface area contributed by atoms with E-state index in [9.17, 15) is 22.8 Å². The van der Waals surface area contributed by atoms with Gasteiger partial charge < -0.3 is 14.4 Å². The van der Waals surface area contributed by atoms with Crippen LogP contribution in [0.3, 0.4) is 0 Å². The first-order valence-electron chi connectivity index (χ1n) is 8.55. The van der Waals surface area contributed by atoms with Gasteiger partial charge in [-0.2, -0.15) is 13.2 Å². The second-order valence-electron chi connectivity index (χ2n) is 6.41. The molecule has 5 nitrogen and oxygen atoms in total. The molecule has 1 aliphatic heterocycles. The fourth-order valence-electron chi connectivity index (χ4n) is 3.01. The van der Waals surface area contributed by atoms with Crippen LogP contribution in [0, 0.1) is 5.92 Å². The minimum Gasteiger partial charge on any atom is -0.489 e. The van der Waals surface area contributed by atoms with Crippen molar-refractivity contribution < 1.29 is 32.2 Å². The molecule has 2 aromatic carbocycles. The smallest absolute Gasteiger partial charge is 0.416 e. The Hall–Kier alpha value is -3.03. The minimum absolute atomic E-state index is 0.0175. The highest BCUT2D eigenvalue weighted by molar-refractivity contribution is 5.99. The molecular formula is C20H18F3NO4. The van der Waals surface area contributed by atoms with Crippen molar-refractivity contribution in [1.82, 2.24) is 0 Å². The summed E-state index contributed by atoms with van der Waals surface area (Å²) in [4.78, 5) is 25.2. The molecule has 2 aromatic rings. The van der Waals surface area contributed by atoms with Crippen molar-refractivity contribution in [2.24, 2.45) is 5.92 Å². The summed E-state index contributed by atoms with van der Waals surface area (Å²) in [5.74, 6) is -0.628. The van der Waals surface area contributed by atoms with Crippen LogP contribution in [0.2, 0.25) is 0 Å². The lowest BCUT2D eigenvalue weighted by atomic mass is 10.1. The number of halogens is 3. The number of hydrogen-bond donors (Lipinski definition) is 0. The Labute approximate surface area is 159 Å². The van der Waals surface area contributed by atoms with Crippen molar-refractivity contribution in [3.63, 3.8) is 0 Å². The van der Waals surface area contributed by atoms with Gasteiger partial charge in [0.2, 0.25) is 5.91 Å². The van der Waals surface area contributed by atoms with E-state index in [1.165, 1.54) is 18.1 Å². The Morgan fingerprint density at radius 2 is 1.89 bits per heavy atom. The minimum atomic E-state index is -4.40. The zero-order valence-corrected chi connectivity index (χ0v) is 15.0. The molecule has 0 N–H and O–H groups in total. The summed E-state index contributed by atoms with van der Waals surface area (Å²) < 4.78 is 48.5. The van der Waals surface area contributed by atoms with Crippen LogP contribution in [0.15, 0.2) is 48.5 Å². The Balaban J connectivity index is 1.62. The normalized spacial score (nSPS) is 16.9. The Morgan fingerprint density at radius 1 is 1.18 bits per heavy atom. The summed E-state index contributed by atoms with van der Waals surface area (Å²) in [6, 6.07) is 11.5. The van der Waals surface area contributed by atoms with Gasteiger partial charge >= 0.3 is 12.1 Å². The van der Waals surface area contributed by atoms with E-state index in [2.05, 4.69) is 4.74 Å². The molecule has 3 rings (SSSR count). The standard InChI is InChI=1S/C20H18F3NO4/c1-27-19(26)14-10-18(25)24(11-14)16-5-7-17(8-6-16)28-12-13-3-2-4-15(9-13)20(21,22)23/h2-9,14H,10-12H2,1H3/t14-/m0/s1. The van der Waals surface area contributed by atoms with Crippen LogP contribution in [0.5, 0.6) is 5.75 Å². The number of methoxy groups -OCH3 is 1.